The molecule has 5 heteroatoms. The van der Waals surface area contributed by atoms with E-state index in [1.54, 1.807) is 11.9 Å². The van der Waals surface area contributed by atoms with Crippen LogP contribution in [0.15, 0.2) is 24.3 Å². The summed E-state index contributed by atoms with van der Waals surface area (Å²) in [6.45, 7) is 3.82. The van der Waals surface area contributed by atoms with E-state index in [0.29, 0.717) is 10.9 Å². The first-order chi connectivity index (χ1) is 9.50. The predicted molar refractivity (Wildman–Crippen MR) is 86.1 cm³/mol. The summed E-state index contributed by atoms with van der Waals surface area (Å²) < 4.78 is 0. The number of likely N-dealkylation sites (tertiary alicyclic amines) is 1. The fourth-order valence-electron chi connectivity index (χ4n) is 2.65. The number of anilines is 1. The topological polar surface area (TPSA) is 49.6 Å². The van der Waals surface area contributed by atoms with E-state index in [4.69, 9.17) is 18.0 Å². The monoisotopic (exact) mass is 291 g/mol. The van der Waals surface area contributed by atoms with Gasteiger partial charge >= 0.3 is 6.03 Å². The summed E-state index contributed by atoms with van der Waals surface area (Å²) in [5.74, 6) is 0.562. The van der Waals surface area contributed by atoms with Gasteiger partial charge in [0.1, 0.15) is 4.99 Å². The van der Waals surface area contributed by atoms with Gasteiger partial charge < -0.3 is 10.6 Å². The van der Waals surface area contributed by atoms with E-state index in [2.05, 4.69) is 6.92 Å². The van der Waals surface area contributed by atoms with Crippen LogP contribution in [0.1, 0.15) is 25.3 Å². The number of urea groups is 1. The highest BCUT2D eigenvalue weighted by atomic mass is 32.1. The second kappa shape index (κ2) is 6.22. The minimum atomic E-state index is 0.0141. The second-order valence-electron chi connectivity index (χ2n) is 5.42. The first-order valence-corrected chi connectivity index (χ1v) is 7.33. The van der Waals surface area contributed by atoms with Gasteiger partial charge in [-0.3, -0.25) is 4.90 Å². The van der Waals surface area contributed by atoms with Gasteiger partial charge in [-0.05, 0) is 30.9 Å². The molecule has 1 aromatic carbocycles. The van der Waals surface area contributed by atoms with Gasteiger partial charge in [-0.15, -0.1) is 0 Å². The van der Waals surface area contributed by atoms with Gasteiger partial charge in [0, 0.05) is 25.7 Å². The molecule has 0 aliphatic carbocycles. The quantitative estimate of drug-likeness (QED) is 0.852. The molecule has 4 nitrogen and oxygen atoms in total. The Morgan fingerprint density at radius 3 is 2.80 bits per heavy atom. The molecule has 1 heterocycles. The third kappa shape index (κ3) is 3.10. The number of benzene rings is 1. The summed E-state index contributed by atoms with van der Waals surface area (Å²) in [5.41, 5.74) is 7.24. The van der Waals surface area contributed by atoms with Gasteiger partial charge in [0.05, 0.1) is 5.69 Å². The molecule has 2 N–H and O–H groups in total. The first-order valence-electron chi connectivity index (χ1n) is 6.92. The Kier molecular flexibility index (Phi) is 4.60. The molecule has 1 fully saturated rings. The molecule has 1 atom stereocenters. The normalized spacial score (nSPS) is 18.7. The molecule has 1 saturated heterocycles. The predicted octanol–water partition coefficient (Wildman–Crippen LogP) is 2.61. The maximum absolute atomic E-state index is 12.6. The van der Waals surface area contributed by atoms with Gasteiger partial charge in [-0.2, -0.15) is 0 Å². The number of hydrogen-bond acceptors (Lipinski definition) is 2. The summed E-state index contributed by atoms with van der Waals surface area (Å²) in [6, 6.07) is 7.50. The van der Waals surface area contributed by atoms with Crippen molar-refractivity contribution in [2.24, 2.45) is 11.7 Å². The number of rotatable bonds is 2. The third-order valence-corrected chi connectivity index (χ3v) is 3.97. The summed E-state index contributed by atoms with van der Waals surface area (Å²) in [4.78, 5) is 16.5. The number of amides is 2. The molecule has 0 bridgehead atoms. The molecule has 1 aliphatic heterocycles. The number of carbonyl (C=O) groups excluding carboxylic acids is 1. The van der Waals surface area contributed by atoms with Crippen LogP contribution < -0.4 is 10.6 Å². The van der Waals surface area contributed by atoms with E-state index < -0.39 is 0 Å². The Labute approximate surface area is 125 Å². The molecule has 108 valence electrons. The molecule has 0 spiro atoms. The van der Waals surface area contributed by atoms with Crippen LogP contribution in [0.5, 0.6) is 0 Å². The van der Waals surface area contributed by atoms with Crippen LogP contribution in [-0.4, -0.2) is 36.1 Å². The molecule has 1 aromatic rings. The number of carbonyl (C=O) groups is 1. The molecular formula is C15H21N3OS. The minimum Gasteiger partial charge on any atom is -0.389 e. The van der Waals surface area contributed by atoms with Crippen LogP contribution in [0.4, 0.5) is 10.5 Å². The largest absolute Gasteiger partial charge is 0.389 e. The Balaban J connectivity index is 2.20. The molecule has 2 amide bonds. The van der Waals surface area contributed by atoms with Crippen molar-refractivity contribution in [3.05, 3.63) is 29.8 Å². The van der Waals surface area contributed by atoms with Crippen molar-refractivity contribution in [1.82, 2.24) is 4.90 Å². The molecule has 1 unspecified atom stereocenters. The lowest BCUT2D eigenvalue weighted by Crippen LogP contribution is -2.46. The lowest BCUT2D eigenvalue weighted by Gasteiger charge is -2.34. The lowest BCUT2D eigenvalue weighted by molar-refractivity contribution is 0.177. The smallest absolute Gasteiger partial charge is 0.324 e. The number of nitrogens with two attached hydrogens (primary N) is 1. The highest BCUT2D eigenvalue weighted by Gasteiger charge is 2.25. The van der Waals surface area contributed by atoms with Crippen LogP contribution in [0.2, 0.25) is 0 Å². The second-order valence-corrected chi connectivity index (χ2v) is 5.86. The van der Waals surface area contributed by atoms with E-state index >= 15 is 0 Å². The van der Waals surface area contributed by atoms with Gasteiger partial charge in [0.25, 0.3) is 0 Å². The fourth-order valence-corrected chi connectivity index (χ4v) is 2.83. The summed E-state index contributed by atoms with van der Waals surface area (Å²) in [5, 5.41) is 0. The number of thiocarbonyl (C=S) groups is 1. The molecule has 2 rings (SSSR count). The highest BCUT2D eigenvalue weighted by Crippen LogP contribution is 2.22. The van der Waals surface area contributed by atoms with Crippen molar-refractivity contribution in [1.29, 1.82) is 0 Å². The average Bonchev–Trinajstić information content (AvgIpc) is 2.45. The van der Waals surface area contributed by atoms with E-state index in [9.17, 15) is 4.79 Å². The Hall–Kier alpha value is -1.62. The third-order valence-electron chi connectivity index (χ3n) is 3.75. The summed E-state index contributed by atoms with van der Waals surface area (Å²) in [6.07, 6.45) is 2.26. The first kappa shape index (κ1) is 14.8. The van der Waals surface area contributed by atoms with Gasteiger partial charge in [-0.25, -0.2) is 4.79 Å². The molecular weight excluding hydrogens is 270 g/mol. The minimum absolute atomic E-state index is 0.0141. The summed E-state index contributed by atoms with van der Waals surface area (Å²) >= 11 is 5.06. The van der Waals surface area contributed by atoms with Crippen molar-refractivity contribution in [3.8, 4) is 0 Å². The fraction of sp³-hybridized carbons (Fsp3) is 0.467. The zero-order chi connectivity index (χ0) is 14.7. The van der Waals surface area contributed by atoms with Crippen LogP contribution in [-0.2, 0) is 0 Å². The highest BCUT2D eigenvalue weighted by molar-refractivity contribution is 7.80. The van der Waals surface area contributed by atoms with Crippen molar-refractivity contribution in [3.63, 3.8) is 0 Å². The van der Waals surface area contributed by atoms with Crippen LogP contribution in [0.3, 0.4) is 0 Å². The number of nitrogens with zero attached hydrogens (tertiary/aromatic N) is 2. The maximum atomic E-state index is 12.6. The Morgan fingerprint density at radius 1 is 1.45 bits per heavy atom. The van der Waals surface area contributed by atoms with Gasteiger partial charge in [0.15, 0.2) is 0 Å². The van der Waals surface area contributed by atoms with Crippen molar-refractivity contribution >= 4 is 28.9 Å². The Morgan fingerprint density at radius 2 is 2.15 bits per heavy atom. The molecule has 0 radical (unpaired) electrons. The molecule has 1 aliphatic rings. The lowest BCUT2D eigenvalue weighted by atomic mass is 10.0. The van der Waals surface area contributed by atoms with Gasteiger partial charge in [-0.1, -0.05) is 31.3 Å². The van der Waals surface area contributed by atoms with Crippen molar-refractivity contribution < 1.29 is 4.79 Å². The number of hydrogen-bond donors (Lipinski definition) is 1. The number of piperidine rings is 1. The molecule has 0 aromatic heterocycles. The van der Waals surface area contributed by atoms with Crippen LogP contribution >= 0.6 is 12.2 Å². The zero-order valence-corrected chi connectivity index (χ0v) is 12.8. The van der Waals surface area contributed by atoms with Crippen LogP contribution in [0.25, 0.3) is 0 Å². The molecule has 20 heavy (non-hydrogen) atoms. The summed E-state index contributed by atoms with van der Waals surface area (Å²) in [7, 11) is 1.78. The van der Waals surface area contributed by atoms with E-state index in [0.717, 1.165) is 30.8 Å². The zero-order valence-electron chi connectivity index (χ0n) is 12.0. The standard InChI is InChI=1S/C15H21N3OS/c1-11-6-5-9-18(10-11)15(19)17(2)13-8-4-3-7-12(13)14(16)20/h3-4,7-8,11H,5-6,9-10H2,1-2H3,(H2,16,20). The average molecular weight is 291 g/mol. The van der Waals surface area contributed by atoms with Gasteiger partial charge in [0.2, 0.25) is 0 Å². The molecule has 0 saturated carbocycles. The van der Waals surface area contributed by atoms with Crippen molar-refractivity contribution in [2.75, 3.05) is 25.0 Å². The SMILES string of the molecule is CC1CCCN(C(=O)N(C)c2ccccc2C(N)=S)C1. The van der Waals surface area contributed by atoms with Crippen molar-refractivity contribution in [2.45, 2.75) is 19.8 Å². The van der Waals surface area contributed by atoms with E-state index in [1.807, 2.05) is 29.2 Å². The number of para-hydroxylation sites is 1. The Bertz CT molecular complexity index is 518. The maximum Gasteiger partial charge on any atom is 0.324 e. The van der Waals surface area contributed by atoms with E-state index in [-0.39, 0.29) is 6.03 Å². The van der Waals surface area contributed by atoms with E-state index in [1.165, 1.54) is 6.42 Å². The van der Waals surface area contributed by atoms with Crippen LogP contribution in [0, 0.1) is 5.92 Å².